The van der Waals surface area contributed by atoms with Gasteiger partial charge >= 0.3 is 6.03 Å². The Bertz CT molecular complexity index is 635. The van der Waals surface area contributed by atoms with Gasteiger partial charge in [0, 0.05) is 26.3 Å². The van der Waals surface area contributed by atoms with E-state index in [2.05, 4.69) is 17.2 Å². The molecule has 0 bridgehead atoms. The lowest BCUT2D eigenvalue weighted by Crippen LogP contribution is -2.56. The third-order valence-electron chi connectivity index (χ3n) is 5.08. The van der Waals surface area contributed by atoms with Gasteiger partial charge in [-0.15, -0.1) is 0 Å². The van der Waals surface area contributed by atoms with Gasteiger partial charge in [-0.1, -0.05) is 19.8 Å². The SMILES string of the molecule is C[C@H]1CCCC[C@@H]1NC(=O)CN1C(=O)N(C)N(C)c2ncccc21. The van der Waals surface area contributed by atoms with Crippen LogP contribution in [-0.2, 0) is 4.79 Å². The van der Waals surface area contributed by atoms with Crippen molar-refractivity contribution in [2.45, 2.75) is 38.6 Å². The van der Waals surface area contributed by atoms with Gasteiger partial charge in [-0.25, -0.2) is 14.8 Å². The van der Waals surface area contributed by atoms with Gasteiger partial charge in [0.15, 0.2) is 5.82 Å². The van der Waals surface area contributed by atoms with E-state index in [1.54, 1.807) is 31.4 Å². The number of fused-ring (bicyclic) bond motifs is 1. The Morgan fingerprint density at radius 2 is 2.04 bits per heavy atom. The highest BCUT2D eigenvalue weighted by molar-refractivity contribution is 6.02. The quantitative estimate of drug-likeness (QED) is 0.920. The molecular formula is C17H25N5O2. The van der Waals surface area contributed by atoms with Crippen molar-refractivity contribution in [3.8, 4) is 0 Å². The number of hydrogen-bond donors (Lipinski definition) is 1. The van der Waals surface area contributed by atoms with E-state index < -0.39 is 0 Å². The normalized spacial score (nSPS) is 24.0. The summed E-state index contributed by atoms with van der Waals surface area (Å²) >= 11 is 0. The second kappa shape index (κ2) is 6.67. The second-order valence-electron chi connectivity index (χ2n) is 6.70. The topological polar surface area (TPSA) is 68.8 Å². The number of hydrogen-bond acceptors (Lipinski definition) is 4. The first-order chi connectivity index (χ1) is 11.5. The van der Waals surface area contributed by atoms with Gasteiger partial charge in [0.05, 0.1) is 5.69 Å². The number of carbonyl (C=O) groups is 2. The van der Waals surface area contributed by atoms with E-state index in [-0.39, 0.29) is 24.5 Å². The minimum absolute atomic E-state index is 0.0128. The Morgan fingerprint density at radius 3 is 2.79 bits per heavy atom. The van der Waals surface area contributed by atoms with Crippen LogP contribution in [0.2, 0.25) is 0 Å². The number of urea groups is 1. The number of hydrazine groups is 1. The third-order valence-corrected chi connectivity index (χ3v) is 5.08. The molecule has 2 atom stereocenters. The molecule has 1 aliphatic carbocycles. The molecule has 1 N–H and O–H groups in total. The van der Waals surface area contributed by atoms with Crippen LogP contribution in [0.3, 0.4) is 0 Å². The molecule has 24 heavy (non-hydrogen) atoms. The van der Waals surface area contributed by atoms with E-state index in [1.807, 2.05) is 6.07 Å². The van der Waals surface area contributed by atoms with Crippen LogP contribution in [0.4, 0.5) is 16.3 Å². The Balaban J connectivity index is 1.75. The maximum Gasteiger partial charge on any atom is 0.343 e. The minimum atomic E-state index is -0.232. The first-order valence-corrected chi connectivity index (χ1v) is 8.52. The lowest BCUT2D eigenvalue weighted by molar-refractivity contribution is -0.121. The van der Waals surface area contributed by atoms with Gasteiger partial charge in [-0.05, 0) is 30.9 Å². The van der Waals surface area contributed by atoms with E-state index in [4.69, 9.17) is 0 Å². The number of nitrogens with zero attached hydrogens (tertiary/aromatic N) is 4. The van der Waals surface area contributed by atoms with Crippen molar-refractivity contribution in [2.75, 3.05) is 30.5 Å². The average molecular weight is 331 g/mol. The van der Waals surface area contributed by atoms with Gasteiger partial charge < -0.3 is 5.32 Å². The van der Waals surface area contributed by atoms with Crippen molar-refractivity contribution in [1.29, 1.82) is 0 Å². The van der Waals surface area contributed by atoms with Crippen molar-refractivity contribution in [2.24, 2.45) is 5.92 Å². The van der Waals surface area contributed by atoms with Crippen molar-refractivity contribution in [3.05, 3.63) is 18.3 Å². The summed E-state index contributed by atoms with van der Waals surface area (Å²) in [5.41, 5.74) is 0.662. The van der Waals surface area contributed by atoms with Crippen LogP contribution in [-0.4, -0.2) is 48.6 Å². The number of carbonyl (C=O) groups excluding carboxylic acids is 2. The zero-order chi connectivity index (χ0) is 17.3. The molecule has 7 nitrogen and oxygen atoms in total. The van der Waals surface area contributed by atoms with Crippen LogP contribution in [0, 0.1) is 5.92 Å². The van der Waals surface area contributed by atoms with Gasteiger partial charge in [-0.2, -0.15) is 0 Å². The molecule has 2 aliphatic rings. The molecule has 0 radical (unpaired) electrons. The van der Waals surface area contributed by atoms with E-state index >= 15 is 0 Å². The predicted molar refractivity (Wildman–Crippen MR) is 92.7 cm³/mol. The van der Waals surface area contributed by atoms with E-state index in [1.165, 1.54) is 16.3 Å². The van der Waals surface area contributed by atoms with Crippen molar-refractivity contribution >= 4 is 23.4 Å². The zero-order valence-corrected chi connectivity index (χ0v) is 14.5. The molecular weight excluding hydrogens is 306 g/mol. The fraction of sp³-hybridized carbons (Fsp3) is 0.588. The number of amides is 3. The lowest BCUT2D eigenvalue weighted by atomic mass is 9.86. The predicted octanol–water partition coefficient (Wildman–Crippen LogP) is 2.00. The number of anilines is 2. The summed E-state index contributed by atoms with van der Waals surface area (Å²) in [6.45, 7) is 2.19. The molecule has 2 heterocycles. The van der Waals surface area contributed by atoms with Crippen LogP contribution in [0.5, 0.6) is 0 Å². The zero-order valence-electron chi connectivity index (χ0n) is 14.5. The molecule has 7 heteroatoms. The summed E-state index contributed by atoms with van der Waals surface area (Å²) in [5, 5.41) is 6.26. The molecule has 130 valence electrons. The molecule has 1 aliphatic heterocycles. The van der Waals surface area contributed by atoms with E-state index in [0.717, 1.165) is 19.3 Å². The van der Waals surface area contributed by atoms with Crippen LogP contribution in [0.1, 0.15) is 32.6 Å². The monoisotopic (exact) mass is 331 g/mol. The summed E-state index contributed by atoms with van der Waals surface area (Å²) in [5.74, 6) is 1.04. The molecule has 0 spiro atoms. The Hall–Kier alpha value is -2.31. The summed E-state index contributed by atoms with van der Waals surface area (Å²) < 4.78 is 0. The highest BCUT2D eigenvalue weighted by Gasteiger charge is 2.34. The minimum Gasteiger partial charge on any atom is -0.352 e. The lowest BCUT2D eigenvalue weighted by Gasteiger charge is -2.40. The molecule has 1 saturated carbocycles. The van der Waals surface area contributed by atoms with Crippen molar-refractivity contribution in [1.82, 2.24) is 15.3 Å². The van der Waals surface area contributed by atoms with Gasteiger partial charge in [0.2, 0.25) is 5.91 Å². The van der Waals surface area contributed by atoms with Crippen LogP contribution < -0.4 is 15.2 Å². The number of pyridine rings is 1. The number of nitrogens with one attached hydrogen (secondary N) is 1. The van der Waals surface area contributed by atoms with Crippen LogP contribution >= 0.6 is 0 Å². The molecule has 1 aromatic heterocycles. The van der Waals surface area contributed by atoms with Crippen molar-refractivity contribution < 1.29 is 9.59 Å². The number of aromatic nitrogens is 1. The molecule has 0 unspecified atom stereocenters. The molecule has 0 saturated heterocycles. The highest BCUT2D eigenvalue weighted by atomic mass is 16.2. The smallest absolute Gasteiger partial charge is 0.343 e. The van der Waals surface area contributed by atoms with Gasteiger partial charge in [-0.3, -0.25) is 14.7 Å². The van der Waals surface area contributed by atoms with E-state index in [0.29, 0.717) is 17.4 Å². The highest BCUT2D eigenvalue weighted by Crippen LogP contribution is 2.32. The van der Waals surface area contributed by atoms with Gasteiger partial charge in [0.1, 0.15) is 6.54 Å². The van der Waals surface area contributed by atoms with Crippen LogP contribution in [0.25, 0.3) is 0 Å². The Kier molecular flexibility index (Phi) is 4.59. The third kappa shape index (κ3) is 3.02. The molecule has 0 aromatic carbocycles. The molecule has 1 fully saturated rings. The second-order valence-corrected chi connectivity index (χ2v) is 6.70. The van der Waals surface area contributed by atoms with Crippen LogP contribution in [0.15, 0.2) is 18.3 Å². The van der Waals surface area contributed by atoms with E-state index in [9.17, 15) is 9.59 Å². The first kappa shape index (κ1) is 16.5. The standard InChI is InChI=1S/C17H25N5O2/c1-12-7-4-5-8-13(12)19-15(23)11-22-14-9-6-10-18-16(14)20(2)21(3)17(22)24/h6,9-10,12-13H,4-5,7-8,11H2,1-3H3,(H,19,23)/t12-,13-/m0/s1. The largest absolute Gasteiger partial charge is 0.352 e. The Morgan fingerprint density at radius 1 is 1.29 bits per heavy atom. The summed E-state index contributed by atoms with van der Waals surface area (Å²) in [6, 6.07) is 3.57. The number of rotatable bonds is 3. The molecule has 1 aromatic rings. The maximum absolute atomic E-state index is 12.6. The van der Waals surface area contributed by atoms with Gasteiger partial charge in [0.25, 0.3) is 0 Å². The molecule has 3 amide bonds. The maximum atomic E-state index is 12.6. The Labute approximate surface area is 142 Å². The molecule has 3 rings (SSSR count). The fourth-order valence-corrected chi connectivity index (χ4v) is 3.48. The van der Waals surface area contributed by atoms with Crippen molar-refractivity contribution in [3.63, 3.8) is 0 Å². The summed E-state index contributed by atoms with van der Waals surface area (Å²) in [4.78, 5) is 30.9. The summed E-state index contributed by atoms with van der Waals surface area (Å²) in [6.07, 6.45) is 6.23. The average Bonchev–Trinajstić information content (AvgIpc) is 2.59. The first-order valence-electron chi connectivity index (χ1n) is 8.52. The fourth-order valence-electron chi connectivity index (χ4n) is 3.48. The summed E-state index contributed by atoms with van der Waals surface area (Å²) in [7, 11) is 3.46.